The summed E-state index contributed by atoms with van der Waals surface area (Å²) in [5, 5.41) is 10.5. The monoisotopic (exact) mass is 326 g/mol. The molecule has 0 saturated carbocycles. The van der Waals surface area contributed by atoms with Gasteiger partial charge in [-0.3, -0.25) is 4.79 Å². The molecule has 2 rings (SSSR count). The maximum Gasteiger partial charge on any atom is 0.260 e. The van der Waals surface area contributed by atoms with E-state index in [1.807, 2.05) is 11.5 Å². The molecule has 1 aromatic heterocycles. The molecule has 22 heavy (non-hydrogen) atoms. The summed E-state index contributed by atoms with van der Waals surface area (Å²) in [6.45, 7) is 4.41. The molecule has 6 nitrogen and oxygen atoms in total. The van der Waals surface area contributed by atoms with Crippen molar-refractivity contribution in [2.24, 2.45) is 0 Å². The summed E-state index contributed by atoms with van der Waals surface area (Å²) in [6.07, 6.45) is 0.852. The Morgan fingerprint density at radius 3 is 2.95 bits per heavy atom. The van der Waals surface area contributed by atoms with Crippen molar-refractivity contribution in [3.8, 4) is 5.75 Å². The third kappa shape index (κ3) is 4.17. The van der Waals surface area contributed by atoms with Crippen molar-refractivity contribution in [3.05, 3.63) is 41.2 Å². The second kappa shape index (κ2) is 7.22. The zero-order valence-corrected chi connectivity index (χ0v) is 13.0. The first-order valence-corrected chi connectivity index (χ1v) is 7.09. The molecule has 0 fully saturated rings. The first kappa shape index (κ1) is 16.2. The number of carbonyl (C=O) groups is 1. The average Bonchev–Trinajstić information content (AvgIpc) is 2.87. The molecule has 2 aromatic rings. The third-order valence-corrected chi connectivity index (χ3v) is 3.32. The molecule has 1 aromatic carbocycles. The van der Waals surface area contributed by atoms with Crippen molar-refractivity contribution in [1.29, 1.82) is 0 Å². The number of aryl methyl sites for hydroxylation is 1. The second-order valence-corrected chi connectivity index (χ2v) is 5.10. The van der Waals surface area contributed by atoms with Crippen molar-refractivity contribution in [1.82, 2.24) is 20.1 Å². The van der Waals surface area contributed by atoms with Gasteiger partial charge in [-0.2, -0.15) is 0 Å². The predicted octanol–water partition coefficient (Wildman–Crippen LogP) is 1.96. The smallest absolute Gasteiger partial charge is 0.260 e. The van der Waals surface area contributed by atoms with Crippen molar-refractivity contribution in [3.63, 3.8) is 0 Å². The van der Waals surface area contributed by atoms with E-state index in [9.17, 15) is 9.18 Å². The number of hydrogen-bond donors (Lipinski definition) is 1. The normalized spacial score (nSPS) is 12.0. The van der Waals surface area contributed by atoms with E-state index in [-0.39, 0.29) is 16.7 Å². The van der Waals surface area contributed by atoms with E-state index in [0.717, 1.165) is 11.9 Å². The molecular weight excluding hydrogens is 311 g/mol. The van der Waals surface area contributed by atoms with Crippen LogP contribution in [0.15, 0.2) is 24.5 Å². The van der Waals surface area contributed by atoms with Crippen LogP contribution in [-0.4, -0.2) is 33.3 Å². The molecule has 1 N–H and O–H groups in total. The topological polar surface area (TPSA) is 69.0 Å². The highest BCUT2D eigenvalue weighted by Crippen LogP contribution is 2.25. The average molecular weight is 327 g/mol. The van der Waals surface area contributed by atoms with E-state index in [1.165, 1.54) is 12.1 Å². The first-order chi connectivity index (χ1) is 10.5. The van der Waals surface area contributed by atoms with Crippen LogP contribution in [0.4, 0.5) is 4.39 Å². The second-order valence-electron chi connectivity index (χ2n) is 4.70. The van der Waals surface area contributed by atoms with E-state index < -0.39 is 11.9 Å². The standard InChI is InChI=1S/C14H16ClFN4O2/c1-9(22-13-4-3-11(16)7-12(13)15)14(21)17-5-6-20-8-18-19-10(20)2/h3-4,7-9H,5-6H2,1-2H3,(H,17,21). The van der Waals surface area contributed by atoms with Gasteiger partial charge in [-0.1, -0.05) is 11.6 Å². The highest BCUT2D eigenvalue weighted by atomic mass is 35.5. The third-order valence-electron chi connectivity index (χ3n) is 3.03. The van der Waals surface area contributed by atoms with Gasteiger partial charge in [0, 0.05) is 13.1 Å². The van der Waals surface area contributed by atoms with Gasteiger partial charge in [0.2, 0.25) is 0 Å². The van der Waals surface area contributed by atoms with Gasteiger partial charge < -0.3 is 14.6 Å². The van der Waals surface area contributed by atoms with Gasteiger partial charge in [0.05, 0.1) is 5.02 Å². The quantitative estimate of drug-likeness (QED) is 0.881. The molecule has 8 heteroatoms. The van der Waals surface area contributed by atoms with E-state index >= 15 is 0 Å². The zero-order chi connectivity index (χ0) is 16.1. The fourth-order valence-corrected chi connectivity index (χ4v) is 2.00. The minimum absolute atomic E-state index is 0.125. The van der Waals surface area contributed by atoms with Crippen molar-refractivity contribution < 1.29 is 13.9 Å². The molecule has 0 spiro atoms. The van der Waals surface area contributed by atoms with E-state index in [0.29, 0.717) is 13.1 Å². The lowest BCUT2D eigenvalue weighted by Gasteiger charge is -2.15. The minimum atomic E-state index is -0.745. The Morgan fingerprint density at radius 2 is 2.32 bits per heavy atom. The van der Waals surface area contributed by atoms with Crippen LogP contribution in [0, 0.1) is 12.7 Å². The van der Waals surface area contributed by atoms with Gasteiger partial charge in [-0.25, -0.2) is 4.39 Å². The highest BCUT2D eigenvalue weighted by molar-refractivity contribution is 6.32. The molecule has 0 aliphatic carbocycles. The number of hydrogen-bond acceptors (Lipinski definition) is 4. The maximum atomic E-state index is 12.9. The lowest BCUT2D eigenvalue weighted by molar-refractivity contribution is -0.127. The molecule has 0 radical (unpaired) electrons. The van der Waals surface area contributed by atoms with E-state index in [4.69, 9.17) is 16.3 Å². The van der Waals surface area contributed by atoms with Crippen LogP contribution in [0.3, 0.4) is 0 Å². The summed E-state index contributed by atoms with van der Waals surface area (Å²) in [5.41, 5.74) is 0. The van der Waals surface area contributed by atoms with Gasteiger partial charge in [-0.05, 0) is 32.0 Å². The number of nitrogens with zero attached hydrogens (tertiary/aromatic N) is 3. The van der Waals surface area contributed by atoms with Gasteiger partial charge in [-0.15, -0.1) is 10.2 Å². The molecule has 0 bridgehead atoms. The van der Waals surface area contributed by atoms with Crippen molar-refractivity contribution in [2.45, 2.75) is 26.5 Å². The molecular formula is C14H16ClFN4O2. The molecule has 1 atom stereocenters. The fraction of sp³-hybridized carbons (Fsp3) is 0.357. The van der Waals surface area contributed by atoms with Crippen molar-refractivity contribution >= 4 is 17.5 Å². The number of nitrogens with one attached hydrogen (secondary N) is 1. The number of amides is 1. The Balaban J connectivity index is 1.83. The van der Waals surface area contributed by atoms with Crippen LogP contribution in [-0.2, 0) is 11.3 Å². The Bertz CT molecular complexity index is 662. The zero-order valence-electron chi connectivity index (χ0n) is 12.2. The van der Waals surface area contributed by atoms with Crippen LogP contribution in [0.25, 0.3) is 0 Å². The number of benzene rings is 1. The molecule has 0 saturated heterocycles. The Hall–Kier alpha value is -2.15. The maximum absolute atomic E-state index is 12.9. The Kier molecular flexibility index (Phi) is 5.32. The molecule has 1 heterocycles. The Morgan fingerprint density at radius 1 is 1.55 bits per heavy atom. The summed E-state index contributed by atoms with van der Waals surface area (Å²) in [6, 6.07) is 3.75. The van der Waals surface area contributed by atoms with Crippen LogP contribution in [0.5, 0.6) is 5.75 Å². The van der Waals surface area contributed by atoms with Crippen molar-refractivity contribution in [2.75, 3.05) is 6.54 Å². The van der Waals surface area contributed by atoms with Crippen LogP contribution >= 0.6 is 11.6 Å². The first-order valence-electron chi connectivity index (χ1n) is 6.71. The van der Waals surface area contributed by atoms with Crippen LogP contribution < -0.4 is 10.1 Å². The molecule has 1 amide bonds. The van der Waals surface area contributed by atoms with E-state index in [1.54, 1.807) is 13.3 Å². The van der Waals surface area contributed by atoms with Crippen LogP contribution in [0.2, 0.25) is 5.02 Å². The van der Waals surface area contributed by atoms with Gasteiger partial charge >= 0.3 is 0 Å². The number of ether oxygens (including phenoxy) is 1. The minimum Gasteiger partial charge on any atom is -0.479 e. The van der Waals surface area contributed by atoms with Crippen LogP contribution in [0.1, 0.15) is 12.7 Å². The summed E-state index contributed by atoms with van der Waals surface area (Å²) >= 11 is 5.85. The lowest BCUT2D eigenvalue weighted by atomic mass is 10.3. The summed E-state index contributed by atoms with van der Waals surface area (Å²) in [4.78, 5) is 11.9. The Labute approximate surface area is 132 Å². The lowest BCUT2D eigenvalue weighted by Crippen LogP contribution is -2.38. The molecule has 0 aliphatic rings. The van der Waals surface area contributed by atoms with Gasteiger partial charge in [0.1, 0.15) is 23.7 Å². The SMILES string of the molecule is Cc1nncn1CCNC(=O)C(C)Oc1ccc(F)cc1Cl. The highest BCUT2D eigenvalue weighted by Gasteiger charge is 2.16. The van der Waals surface area contributed by atoms with Gasteiger partial charge in [0.25, 0.3) is 5.91 Å². The number of aromatic nitrogens is 3. The summed E-state index contributed by atoms with van der Waals surface area (Å²) < 4.78 is 20.2. The summed E-state index contributed by atoms with van der Waals surface area (Å²) in [5.74, 6) is 0.293. The number of rotatable bonds is 6. The number of carbonyl (C=O) groups excluding carboxylic acids is 1. The molecule has 118 valence electrons. The number of halogens is 2. The predicted molar refractivity (Wildman–Crippen MR) is 79.3 cm³/mol. The molecule has 1 unspecified atom stereocenters. The summed E-state index contributed by atoms with van der Waals surface area (Å²) in [7, 11) is 0. The van der Waals surface area contributed by atoms with Gasteiger partial charge in [0.15, 0.2) is 6.10 Å². The molecule has 0 aliphatic heterocycles. The van der Waals surface area contributed by atoms with E-state index in [2.05, 4.69) is 15.5 Å². The largest absolute Gasteiger partial charge is 0.479 e. The fourth-order valence-electron chi connectivity index (χ4n) is 1.79.